The van der Waals surface area contributed by atoms with Crippen LogP contribution in [0.5, 0.6) is 0 Å². The first-order valence-electron chi connectivity index (χ1n) is 9.60. The molecule has 1 saturated carbocycles. The van der Waals surface area contributed by atoms with Crippen LogP contribution in [-0.2, 0) is 4.74 Å². The number of aromatic nitrogens is 2. The molecule has 0 spiro atoms. The van der Waals surface area contributed by atoms with Gasteiger partial charge in [0.1, 0.15) is 5.82 Å². The lowest BCUT2D eigenvalue weighted by atomic mass is 9.88. The standard InChI is InChI=1S/C20H26FN3O2/c1-13-22-20(26-24-13)19(15-9-11-25-12-10-15)23-18-4-2-3-17(18)14-5-7-16(21)8-6-14/h5-8,15,17-19,23H,2-4,9-12H2,1H3. The first-order valence-corrected chi connectivity index (χ1v) is 9.60. The van der Waals surface area contributed by atoms with E-state index in [-0.39, 0.29) is 11.9 Å². The van der Waals surface area contributed by atoms with Crippen molar-refractivity contribution in [1.29, 1.82) is 0 Å². The quantitative estimate of drug-likeness (QED) is 0.877. The molecule has 0 bridgehead atoms. The third-order valence-corrected chi connectivity index (χ3v) is 5.75. The minimum atomic E-state index is -0.183. The molecule has 6 heteroatoms. The molecule has 26 heavy (non-hydrogen) atoms. The minimum Gasteiger partial charge on any atom is -0.381 e. The lowest BCUT2D eigenvalue weighted by Crippen LogP contribution is -2.40. The van der Waals surface area contributed by atoms with Crippen molar-refractivity contribution in [3.05, 3.63) is 47.4 Å². The van der Waals surface area contributed by atoms with Crippen LogP contribution in [0.1, 0.15) is 61.3 Å². The third kappa shape index (κ3) is 3.81. The van der Waals surface area contributed by atoms with Gasteiger partial charge in [-0.15, -0.1) is 0 Å². The van der Waals surface area contributed by atoms with E-state index in [2.05, 4.69) is 15.5 Å². The fraction of sp³-hybridized carbons (Fsp3) is 0.600. The normalized spacial score (nSPS) is 25.5. The number of nitrogens with zero attached hydrogens (tertiary/aromatic N) is 2. The van der Waals surface area contributed by atoms with Crippen molar-refractivity contribution >= 4 is 0 Å². The van der Waals surface area contributed by atoms with E-state index < -0.39 is 0 Å². The maximum Gasteiger partial charge on any atom is 0.244 e. The van der Waals surface area contributed by atoms with Gasteiger partial charge < -0.3 is 14.6 Å². The number of hydrogen-bond acceptors (Lipinski definition) is 5. The van der Waals surface area contributed by atoms with E-state index in [1.54, 1.807) is 12.1 Å². The zero-order chi connectivity index (χ0) is 17.9. The van der Waals surface area contributed by atoms with Gasteiger partial charge in [0, 0.05) is 19.3 Å². The molecule has 0 radical (unpaired) electrons. The molecule has 4 rings (SSSR count). The highest BCUT2D eigenvalue weighted by Crippen LogP contribution is 2.38. The van der Waals surface area contributed by atoms with Crippen molar-refractivity contribution in [2.75, 3.05) is 13.2 Å². The maximum atomic E-state index is 13.3. The Morgan fingerprint density at radius 3 is 2.58 bits per heavy atom. The molecule has 2 fully saturated rings. The summed E-state index contributed by atoms with van der Waals surface area (Å²) in [7, 11) is 0. The fourth-order valence-corrected chi connectivity index (χ4v) is 4.40. The van der Waals surface area contributed by atoms with E-state index in [4.69, 9.17) is 9.26 Å². The summed E-state index contributed by atoms with van der Waals surface area (Å²) in [5.41, 5.74) is 1.20. The Morgan fingerprint density at radius 1 is 1.12 bits per heavy atom. The average molecular weight is 359 g/mol. The van der Waals surface area contributed by atoms with E-state index in [1.807, 2.05) is 19.1 Å². The second-order valence-electron chi connectivity index (χ2n) is 7.47. The van der Waals surface area contributed by atoms with Gasteiger partial charge in [0.2, 0.25) is 5.89 Å². The highest BCUT2D eigenvalue weighted by atomic mass is 19.1. The molecule has 1 aromatic heterocycles. The van der Waals surface area contributed by atoms with Gasteiger partial charge in [0.15, 0.2) is 5.82 Å². The van der Waals surface area contributed by atoms with Crippen LogP contribution in [0.4, 0.5) is 4.39 Å². The van der Waals surface area contributed by atoms with Crippen LogP contribution >= 0.6 is 0 Å². The molecule has 2 aromatic rings. The molecule has 5 nitrogen and oxygen atoms in total. The average Bonchev–Trinajstić information content (AvgIpc) is 3.30. The molecule has 3 atom stereocenters. The Hall–Kier alpha value is -1.79. The molecule has 2 aliphatic rings. The smallest absolute Gasteiger partial charge is 0.244 e. The molecular formula is C20H26FN3O2. The van der Waals surface area contributed by atoms with Crippen molar-refractivity contribution in [3.63, 3.8) is 0 Å². The molecular weight excluding hydrogens is 333 g/mol. The summed E-state index contributed by atoms with van der Waals surface area (Å²) in [6.45, 7) is 3.41. The molecule has 1 saturated heterocycles. The molecule has 1 aromatic carbocycles. The van der Waals surface area contributed by atoms with Crippen molar-refractivity contribution in [3.8, 4) is 0 Å². The van der Waals surface area contributed by atoms with Crippen LogP contribution in [0, 0.1) is 18.7 Å². The SMILES string of the molecule is Cc1noc(C(NC2CCCC2c2ccc(F)cc2)C2CCOCC2)n1. The van der Waals surface area contributed by atoms with Crippen LogP contribution < -0.4 is 5.32 Å². The molecule has 1 aliphatic carbocycles. The highest BCUT2D eigenvalue weighted by Gasteiger charge is 2.36. The maximum absolute atomic E-state index is 13.3. The number of hydrogen-bond donors (Lipinski definition) is 1. The van der Waals surface area contributed by atoms with Gasteiger partial charge in [-0.1, -0.05) is 23.7 Å². The Bertz CT molecular complexity index is 712. The first kappa shape index (κ1) is 17.6. The molecule has 1 N–H and O–H groups in total. The van der Waals surface area contributed by atoms with E-state index in [1.165, 1.54) is 12.0 Å². The number of aryl methyl sites for hydroxylation is 1. The number of ether oxygens (including phenoxy) is 1. The van der Waals surface area contributed by atoms with Gasteiger partial charge in [-0.25, -0.2) is 4.39 Å². The monoisotopic (exact) mass is 359 g/mol. The largest absolute Gasteiger partial charge is 0.381 e. The number of rotatable bonds is 5. The fourth-order valence-electron chi connectivity index (χ4n) is 4.40. The van der Waals surface area contributed by atoms with Crippen molar-refractivity contribution in [2.24, 2.45) is 5.92 Å². The summed E-state index contributed by atoms with van der Waals surface area (Å²) < 4.78 is 24.4. The van der Waals surface area contributed by atoms with Crippen molar-refractivity contribution < 1.29 is 13.7 Å². The Balaban J connectivity index is 1.54. The minimum absolute atomic E-state index is 0.0474. The zero-order valence-corrected chi connectivity index (χ0v) is 15.2. The number of nitrogens with one attached hydrogen (secondary N) is 1. The zero-order valence-electron chi connectivity index (χ0n) is 15.2. The highest BCUT2D eigenvalue weighted by molar-refractivity contribution is 5.23. The molecule has 140 valence electrons. The first-order chi connectivity index (χ1) is 12.7. The Labute approximate surface area is 153 Å². The lowest BCUT2D eigenvalue weighted by molar-refractivity contribution is 0.0465. The number of halogens is 1. The van der Waals surface area contributed by atoms with E-state index in [0.29, 0.717) is 29.6 Å². The van der Waals surface area contributed by atoms with Gasteiger partial charge in [0.05, 0.1) is 6.04 Å². The summed E-state index contributed by atoms with van der Waals surface area (Å²) in [5, 5.41) is 7.83. The van der Waals surface area contributed by atoms with Crippen LogP contribution in [0.25, 0.3) is 0 Å². The lowest BCUT2D eigenvalue weighted by Gasteiger charge is -2.32. The van der Waals surface area contributed by atoms with Gasteiger partial charge >= 0.3 is 0 Å². The van der Waals surface area contributed by atoms with Crippen LogP contribution in [-0.4, -0.2) is 29.4 Å². The predicted molar refractivity (Wildman–Crippen MR) is 95.2 cm³/mol. The number of benzene rings is 1. The summed E-state index contributed by atoms with van der Waals surface area (Å²) in [4.78, 5) is 4.51. The summed E-state index contributed by atoms with van der Waals surface area (Å²) in [6, 6.07) is 7.33. The molecule has 2 heterocycles. The van der Waals surface area contributed by atoms with E-state index >= 15 is 0 Å². The van der Waals surface area contributed by atoms with Crippen molar-refractivity contribution in [1.82, 2.24) is 15.5 Å². The van der Waals surface area contributed by atoms with Gasteiger partial charge in [0.25, 0.3) is 0 Å². The van der Waals surface area contributed by atoms with Crippen LogP contribution in [0.3, 0.4) is 0 Å². The van der Waals surface area contributed by atoms with Crippen molar-refractivity contribution in [2.45, 2.75) is 57.0 Å². The third-order valence-electron chi connectivity index (χ3n) is 5.75. The second-order valence-corrected chi connectivity index (χ2v) is 7.47. The topological polar surface area (TPSA) is 60.2 Å². The molecule has 3 unspecified atom stereocenters. The summed E-state index contributed by atoms with van der Waals surface area (Å²) >= 11 is 0. The van der Waals surface area contributed by atoms with E-state index in [9.17, 15) is 4.39 Å². The predicted octanol–water partition coefficient (Wildman–Crippen LogP) is 3.91. The van der Waals surface area contributed by atoms with Crippen LogP contribution in [0.15, 0.2) is 28.8 Å². The molecule has 0 amide bonds. The molecule has 1 aliphatic heterocycles. The summed E-state index contributed by atoms with van der Waals surface area (Å²) in [6.07, 6.45) is 5.38. The van der Waals surface area contributed by atoms with Crippen LogP contribution in [0.2, 0.25) is 0 Å². The van der Waals surface area contributed by atoms with Gasteiger partial charge in [-0.3, -0.25) is 0 Å². The Kier molecular flexibility index (Phi) is 5.31. The Morgan fingerprint density at radius 2 is 1.88 bits per heavy atom. The van der Waals surface area contributed by atoms with E-state index in [0.717, 1.165) is 38.9 Å². The summed E-state index contributed by atoms with van der Waals surface area (Å²) in [5.74, 6) is 1.98. The van der Waals surface area contributed by atoms with Gasteiger partial charge in [-0.05, 0) is 62.1 Å². The second kappa shape index (κ2) is 7.84. The van der Waals surface area contributed by atoms with Gasteiger partial charge in [-0.2, -0.15) is 4.98 Å².